The fourth-order valence-corrected chi connectivity index (χ4v) is 3.12. The summed E-state index contributed by atoms with van der Waals surface area (Å²) in [5.74, 6) is 0.814. The molecule has 0 aromatic heterocycles. The van der Waals surface area contributed by atoms with Gasteiger partial charge in [0.05, 0.1) is 5.75 Å². The third-order valence-electron chi connectivity index (χ3n) is 2.89. The normalized spacial score (nSPS) is 18.6. The van der Waals surface area contributed by atoms with Crippen LogP contribution in [0.25, 0.3) is 0 Å². The largest absolute Gasteiger partial charge is 0.317 e. The summed E-state index contributed by atoms with van der Waals surface area (Å²) in [4.78, 5) is 0. The number of hydrogen-bond donors (Lipinski definition) is 2. The Labute approximate surface area is 99.2 Å². The van der Waals surface area contributed by atoms with Gasteiger partial charge in [0.25, 0.3) is 0 Å². The molecule has 1 atom stereocenters. The average Bonchev–Trinajstić information content (AvgIpc) is 2.99. The van der Waals surface area contributed by atoms with Crippen LogP contribution in [-0.2, 0) is 10.0 Å². The molecule has 0 aromatic carbocycles. The van der Waals surface area contributed by atoms with Crippen molar-refractivity contribution >= 4 is 10.0 Å². The second kappa shape index (κ2) is 6.57. The SMILES string of the molecule is CCCNCCCS(=O)(=O)NC(C)C1CC1. The van der Waals surface area contributed by atoms with Gasteiger partial charge in [-0.1, -0.05) is 6.92 Å². The van der Waals surface area contributed by atoms with E-state index in [1.165, 1.54) is 12.8 Å². The van der Waals surface area contributed by atoms with Crippen LogP contribution in [0.4, 0.5) is 0 Å². The van der Waals surface area contributed by atoms with Crippen LogP contribution >= 0.6 is 0 Å². The number of rotatable bonds is 9. The zero-order chi connectivity index (χ0) is 12.0. The summed E-state index contributed by atoms with van der Waals surface area (Å²) in [5.41, 5.74) is 0. The van der Waals surface area contributed by atoms with Gasteiger partial charge in [0.2, 0.25) is 10.0 Å². The first-order valence-electron chi connectivity index (χ1n) is 6.26. The van der Waals surface area contributed by atoms with Crippen molar-refractivity contribution < 1.29 is 8.42 Å². The highest BCUT2D eigenvalue weighted by Crippen LogP contribution is 2.32. The van der Waals surface area contributed by atoms with E-state index in [2.05, 4.69) is 17.0 Å². The molecule has 0 aromatic rings. The lowest BCUT2D eigenvalue weighted by atomic mass is 10.2. The summed E-state index contributed by atoms with van der Waals surface area (Å²) in [5, 5.41) is 3.20. The monoisotopic (exact) mass is 248 g/mol. The van der Waals surface area contributed by atoms with Crippen molar-refractivity contribution in [1.82, 2.24) is 10.0 Å². The van der Waals surface area contributed by atoms with Crippen molar-refractivity contribution in [3.05, 3.63) is 0 Å². The maximum Gasteiger partial charge on any atom is 0.211 e. The molecule has 1 aliphatic carbocycles. The van der Waals surface area contributed by atoms with E-state index in [4.69, 9.17) is 0 Å². The molecule has 0 saturated heterocycles. The standard InChI is InChI=1S/C11H24N2O2S/c1-3-7-12-8-4-9-16(14,15)13-10(2)11-5-6-11/h10-13H,3-9H2,1-2H3. The number of hydrogen-bond acceptors (Lipinski definition) is 3. The van der Waals surface area contributed by atoms with Gasteiger partial charge >= 0.3 is 0 Å². The van der Waals surface area contributed by atoms with Crippen molar-refractivity contribution in [3.8, 4) is 0 Å². The first-order chi connectivity index (χ1) is 7.55. The highest BCUT2D eigenvalue weighted by Gasteiger charge is 2.30. The van der Waals surface area contributed by atoms with Gasteiger partial charge in [-0.15, -0.1) is 0 Å². The lowest BCUT2D eigenvalue weighted by Gasteiger charge is -2.13. The van der Waals surface area contributed by atoms with Gasteiger partial charge < -0.3 is 5.32 Å². The number of nitrogens with one attached hydrogen (secondary N) is 2. The average molecular weight is 248 g/mol. The maximum absolute atomic E-state index is 11.7. The van der Waals surface area contributed by atoms with E-state index in [0.29, 0.717) is 12.3 Å². The molecule has 0 aliphatic heterocycles. The molecule has 1 unspecified atom stereocenters. The van der Waals surface area contributed by atoms with Crippen LogP contribution in [0.2, 0.25) is 0 Å². The van der Waals surface area contributed by atoms with E-state index < -0.39 is 10.0 Å². The molecular weight excluding hydrogens is 224 g/mol. The van der Waals surface area contributed by atoms with Gasteiger partial charge in [-0.05, 0) is 51.6 Å². The minimum Gasteiger partial charge on any atom is -0.317 e. The molecule has 2 N–H and O–H groups in total. The fourth-order valence-electron chi connectivity index (χ4n) is 1.72. The van der Waals surface area contributed by atoms with E-state index in [-0.39, 0.29) is 11.8 Å². The predicted molar refractivity (Wildman–Crippen MR) is 66.9 cm³/mol. The summed E-state index contributed by atoms with van der Waals surface area (Å²) in [6.07, 6.45) is 4.11. The third-order valence-corrected chi connectivity index (χ3v) is 4.44. The summed E-state index contributed by atoms with van der Waals surface area (Å²) in [6.45, 7) is 5.81. The maximum atomic E-state index is 11.7. The van der Waals surface area contributed by atoms with Crippen LogP contribution in [0.3, 0.4) is 0 Å². The molecule has 4 nitrogen and oxygen atoms in total. The fraction of sp³-hybridized carbons (Fsp3) is 1.00. The first-order valence-corrected chi connectivity index (χ1v) is 7.91. The molecule has 96 valence electrons. The second-order valence-corrected chi connectivity index (χ2v) is 6.54. The van der Waals surface area contributed by atoms with E-state index in [9.17, 15) is 8.42 Å². The predicted octanol–water partition coefficient (Wildman–Crippen LogP) is 1.09. The molecule has 0 radical (unpaired) electrons. The Morgan fingerprint density at radius 1 is 1.31 bits per heavy atom. The van der Waals surface area contributed by atoms with Gasteiger partial charge in [-0.25, -0.2) is 13.1 Å². The lowest BCUT2D eigenvalue weighted by Crippen LogP contribution is -2.36. The number of sulfonamides is 1. The highest BCUT2D eigenvalue weighted by molar-refractivity contribution is 7.89. The topological polar surface area (TPSA) is 58.2 Å². The van der Waals surface area contributed by atoms with Crippen LogP contribution in [0.15, 0.2) is 0 Å². The lowest BCUT2D eigenvalue weighted by molar-refractivity contribution is 0.534. The van der Waals surface area contributed by atoms with Gasteiger partial charge in [0, 0.05) is 6.04 Å². The van der Waals surface area contributed by atoms with Crippen molar-refractivity contribution in [2.45, 2.75) is 45.6 Å². The van der Waals surface area contributed by atoms with Crippen molar-refractivity contribution in [2.75, 3.05) is 18.8 Å². The minimum atomic E-state index is -3.06. The van der Waals surface area contributed by atoms with Crippen LogP contribution in [0, 0.1) is 5.92 Å². The van der Waals surface area contributed by atoms with Gasteiger partial charge in [0.15, 0.2) is 0 Å². The van der Waals surface area contributed by atoms with Crippen LogP contribution in [-0.4, -0.2) is 33.3 Å². The molecule has 0 heterocycles. The Balaban J connectivity index is 2.12. The molecular formula is C11H24N2O2S. The summed E-state index contributed by atoms with van der Waals surface area (Å²) in [7, 11) is -3.06. The van der Waals surface area contributed by atoms with Crippen molar-refractivity contribution in [1.29, 1.82) is 0 Å². The summed E-state index contributed by atoms with van der Waals surface area (Å²) in [6, 6.07) is 0.119. The smallest absolute Gasteiger partial charge is 0.211 e. The first kappa shape index (κ1) is 13.9. The second-order valence-electron chi connectivity index (χ2n) is 4.67. The molecule has 1 fully saturated rings. The molecule has 0 bridgehead atoms. The zero-order valence-corrected chi connectivity index (χ0v) is 11.1. The Hall–Kier alpha value is -0.130. The summed E-state index contributed by atoms with van der Waals surface area (Å²) >= 11 is 0. The van der Waals surface area contributed by atoms with E-state index in [0.717, 1.165) is 19.5 Å². The van der Waals surface area contributed by atoms with Crippen LogP contribution < -0.4 is 10.0 Å². The van der Waals surface area contributed by atoms with Gasteiger partial charge in [-0.2, -0.15) is 0 Å². The van der Waals surface area contributed by atoms with Gasteiger partial charge in [-0.3, -0.25) is 0 Å². The third kappa shape index (κ3) is 5.82. The minimum absolute atomic E-state index is 0.119. The Morgan fingerprint density at radius 3 is 2.56 bits per heavy atom. The van der Waals surface area contributed by atoms with E-state index in [1.54, 1.807) is 0 Å². The van der Waals surface area contributed by atoms with Crippen LogP contribution in [0.5, 0.6) is 0 Å². The van der Waals surface area contributed by atoms with Crippen molar-refractivity contribution in [2.24, 2.45) is 5.92 Å². The van der Waals surface area contributed by atoms with Crippen LogP contribution in [0.1, 0.15) is 39.5 Å². The highest BCUT2D eigenvalue weighted by atomic mass is 32.2. The Morgan fingerprint density at radius 2 is 2.00 bits per heavy atom. The zero-order valence-electron chi connectivity index (χ0n) is 10.3. The Kier molecular flexibility index (Phi) is 5.72. The molecule has 0 spiro atoms. The molecule has 1 aliphatic rings. The van der Waals surface area contributed by atoms with Crippen molar-refractivity contribution in [3.63, 3.8) is 0 Å². The quantitative estimate of drug-likeness (QED) is 0.601. The van der Waals surface area contributed by atoms with E-state index in [1.807, 2.05) is 6.92 Å². The molecule has 1 saturated carbocycles. The molecule has 5 heteroatoms. The molecule has 16 heavy (non-hydrogen) atoms. The van der Waals surface area contributed by atoms with E-state index >= 15 is 0 Å². The molecule has 1 rings (SSSR count). The summed E-state index contributed by atoms with van der Waals surface area (Å²) < 4.78 is 26.1. The molecule has 0 amide bonds. The van der Waals surface area contributed by atoms with Gasteiger partial charge in [0.1, 0.15) is 0 Å². The Bertz CT molecular complexity index is 286.